The smallest absolute Gasteiger partial charge is 0.337 e. The van der Waals surface area contributed by atoms with Crippen molar-refractivity contribution in [2.75, 3.05) is 12.4 Å². The molecule has 0 radical (unpaired) electrons. The van der Waals surface area contributed by atoms with E-state index >= 15 is 0 Å². The lowest BCUT2D eigenvalue weighted by molar-refractivity contribution is -0.116. The minimum atomic E-state index is -0.398. The first-order valence-corrected chi connectivity index (χ1v) is 8.67. The Labute approximate surface area is 145 Å². The summed E-state index contributed by atoms with van der Waals surface area (Å²) < 4.78 is 4.72. The molecule has 1 rings (SSSR count). The largest absolute Gasteiger partial charge is 0.465 e. The maximum atomic E-state index is 12.0. The van der Waals surface area contributed by atoms with E-state index in [1.807, 2.05) is 19.1 Å². The molecule has 1 N–H and O–H groups in total. The predicted octanol–water partition coefficient (Wildman–Crippen LogP) is 5.03. The average molecular weight is 331 g/mol. The van der Waals surface area contributed by atoms with Crippen LogP contribution in [0.2, 0.25) is 0 Å². The van der Waals surface area contributed by atoms with Gasteiger partial charge < -0.3 is 10.1 Å². The van der Waals surface area contributed by atoms with Crippen molar-refractivity contribution in [1.29, 1.82) is 0 Å². The molecule has 1 aromatic carbocycles. The molecule has 0 atom stereocenters. The molecule has 0 saturated carbocycles. The highest BCUT2D eigenvalue weighted by Crippen LogP contribution is 2.16. The molecule has 0 aliphatic carbocycles. The lowest BCUT2D eigenvalue weighted by Crippen LogP contribution is -2.12. The molecule has 0 spiro atoms. The van der Waals surface area contributed by atoms with E-state index in [4.69, 9.17) is 4.74 Å². The van der Waals surface area contributed by atoms with Gasteiger partial charge in [-0.05, 0) is 49.9 Å². The second kappa shape index (κ2) is 11.4. The molecule has 0 aliphatic heterocycles. The van der Waals surface area contributed by atoms with Crippen LogP contribution in [0.15, 0.2) is 30.9 Å². The monoisotopic (exact) mass is 331 g/mol. The molecule has 1 amide bonds. The van der Waals surface area contributed by atoms with Crippen LogP contribution in [0.3, 0.4) is 0 Å². The number of allylic oxidation sites excluding steroid dienone is 1. The number of methoxy groups -OCH3 is 1. The topological polar surface area (TPSA) is 55.4 Å². The van der Waals surface area contributed by atoms with Gasteiger partial charge in [0.1, 0.15) is 0 Å². The van der Waals surface area contributed by atoms with Gasteiger partial charge in [-0.2, -0.15) is 0 Å². The third-order valence-corrected chi connectivity index (χ3v) is 3.84. The van der Waals surface area contributed by atoms with Gasteiger partial charge in [-0.1, -0.05) is 31.8 Å². The molecule has 4 nitrogen and oxygen atoms in total. The van der Waals surface area contributed by atoms with E-state index in [-0.39, 0.29) is 5.91 Å². The van der Waals surface area contributed by atoms with E-state index in [9.17, 15) is 9.59 Å². The zero-order chi connectivity index (χ0) is 17.8. The van der Waals surface area contributed by atoms with Gasteiger partial charge in [-0.15, -0.1) is 6.58 Å². The molecule has 0 aliphatic rings. The van der Waals surface area contributed by atoms with Crippen molar-refractivity contribution >= 4 is 17.6 Å². The summed E-state index contributed by atoms with van der Waals surface area (Å²) in [6.45, 7) is 5.60. The fourth-order valence-electron chi connectivity index (χ4n) is 2.60. The molecule has 0 aromatic heterocycles. The molecule has 132 valence electrons. The third kappa shape index (κ3) is 7.95. The van der Waals surface area contributed by atoms with Gasteiger partial charge in [0.25, 0.3) is 0 Å². The van der Waals surface area contributed by atoms with Crippen LogP contribution in [0.4, 0.5) is 5.69 Å². The Morgan fingerprint density at radius 3 is 2.42 bits per heavy atom. The summed E-state index contributed by atoms with van der Waals surface area (Å²) >= 11 is 0. The summed E-state index contributed by atoms with van der Waals surface area (Å²) in [5.41, 5.74) is 2.00. The molecule has 4 heteroatoms. The number of unbranched alkanes of at least 4 members (excludes halogenated alkanes) is 6. The molecular weight excluding hydrogens is 302 g/mol. The minimum Gasteiger partial charge on any atom is -0.465 e. The summed E-state index contributed by atoms with van der Waals surface area (Å²) in [6.07, 6.45) is 10.3. The number of esters is 1. The Kier molecular flexibility index (Phi) is 9.51. The molecule has 0 bridgehead atoms. The number of rotatable bonds is 11. The van der Waals surface area contributed by atoms with Crippen LogP contribution >= 0.6 is 0 Å². The Balaban J connectivity index is 2.31. The zero-order valence-corrected chi connectivity index (χ0v) is 14.9. The third-order valence-electron chi connectivity index (χ3n) is 3.84. The summed E-state index contributed by atoms with van der Waals surface area (Å²) in [5, 5.41) is 2.86. The Morgan fingerprint density at radius 2 is 1.75 bits per heavy atom. The normalized spacial score (nSPS) is 10.2. The van der Waals surface area contributed by atoms with Crippen molar-refractivity contribution in [3.63, 3.8) is 0 Å². The number of benzene rings is 1. The zero-order valence-electron chi connectivity index (χ0n) is 14.9. The fourth-order valence-corrected chi connectivity index (χ4v) is 2.60. The van der Waals surface area contributed by atoms with Gasteiger partial charge in [-0.3, -0.25) is 4.79 Å². The van der Waals surface area contributed by atoms with Gasteiger partial charge in [0, 0.05) is 12.1 Å². The molecule has 0 unspecified atom stereocenters. The summed E-state index contributed by atoms with van der Waals surface area (Å²) in [6, 6.07) is 5.24. The van der Waals surface area contributed by atoms with Gasteiger partial charge in [0.05, 0.1) is 12.7 Å². The second-order valence-electron chi connectivity index (χ2n) is 6.08. The summed E-state index contributed by atoms with van der Waals surface area (Å²) in [4.78, 5) is 23.6. The van der Waals surface area contributed by atoms with Gasteiger partial charge >= 0.3 is 5.97 Å². The quantitative estimate of drug-likeness (QED) is 0.351. The minimum absolute atomic E-state index is 0.0110. The van der Waals surface area contributed by atoms with E-state index in [1.54, 1.807) is 12.1 Å². The first kappa shape index (κ1) is 19.9. The maximum Gasteiger partial charge on any atom is 0.337 e. The van der Waals surface area contributed by atoms with Gasteiger partial charge in [0.2, 0.25) is 5.91 Å². The van der Waals surface area contributed by atoms with Crippen LogP contribution in [-0.2, 0) is 9.53 Å². The molecule has 1 aromatic rings. The lowest BCUT2D eigenvalue weighted by atomic mass is 10.1. The van der Waals surface area contributed by atoms with Crippen molar-refractivity contribution in [2.24, 2.45) is 0 Å². The Hall–Kier alpha value is -2.10. The van der Waals surface area contributed by atoms with Gasteiger partial charge in [0.15, 0.2) is 0 Å². The highest BCUT2D eigenvalue weighted by molar-refractivity contribution is 5.94. The molecule has 0 saturated heterocycles. The van der Waals surface area contributed by atoms with Crippen molar-refractivity contribution < 1.29 is 14.3 Å². The number of anilines is 1. The van der Waals surface area contributed by atoms with Crippen LogP contribution in [0.5, 0.6) is 0 Å². The van der Waals surface area contributed by atoms with Crippen molar-refractivity contribution in [3.8, 4) is 0 Å². The number of hydrogen-bond acceptors (Lipinski definition) is 3. The lowest BCUT2D eigenvalue weighted by Gasteiger charge is -2.08. The summed E-state index contributed by atoms with van der Waals surface area (Å²) in [7, 11) is 1.35. The molecule has 0 fully saturated rings. The highest BCUT2D eigenvalue weighted by Gasteiger charge is 2.09. The van der Waals surface area contributed by atoms with Gasteiger partial charge in [-0.25, -0.2) is 4.79 Å². The number of amides is 1. The van der Waals surface area contributed by atoms with Crippen molar-refractivity contribution in [1.82, 2.24) is 0 Å². The number of ether oxygens (including phenoxy) is 1. The summed E-state index contributed by atoms with van der Waals surface area (Å²) in [5.74, 6) is -0.409. The number of nitrogens with one attached hydrogen (secondary N) is 1. The SMILES string of the molecule is C=CCCCCCCCCC(=O)Nc1cc(C)cc(C(=O)OC)c1. The highest BCUT2D eigenvalue weighted by atomic mass is 16.5. The Morgan fingerprint density at radius 1 is 1.08 bits per heavy atom. The molecule has 24 heavy (non-hydrogen) atoms. The van der Waals surface area contributed by atoms with E-state index < -0.39 is 5.97 Å². The van der Waals surface area contributed by atoms with E-state index in [0.29, 0.717) is 17.7 Å². The van der Waals surface area contributed by atoms with E-state index in [1.165, 1.54) is 32.8 Å². The van der Waals surface area contributed by atoms with E-state index in [2.05, 4.69) is 11.9 Å². The predicted molar refractivity (Wildman–Crippen MR) is 98.3 cm³/mol. The first-order valence-electron chi connectivity index (χ1n) is 8.67. The Bertz CT molecular complexity index is 552. The van der Waals surface area contributed by atoms with Crippen molar-refractivity contribution in [2.45, 2.75) is 58.3 Å². The standard InChI is InChI=1S/C20H29NO3/c1-4-5-6-7-8-9-10-11-12-19(22)21-18-14-16(2)13-17(15-18)20(23)24-3/h4,13-15H,1,5-12H2,2-3H3,(H,21,22). The number of aryl methyl sites for hydroxylation is 1. The van der Waals surface area contributed by atoms with Crippen LogP contribution in [0.1, 0.15) is 67.3 Å². The van der Waals surface area contributed by atoms with Crippen LogP contribution in [0, 0.1) is 6.92 Å². The van der Waals surface area contributed by atoms with Crippen molar-refractivity contribution in [3.05, 3.63) is 42.0 Å². The molecule has 0 heterocycles. The first-order chi connectivity index (χ1) is 11.6. The van der Waals surface area contributed by atoms with Crippen LogP contribution in [0.25, 0.3) is 0 Å². The van der Waals surface area contributed by atoms with Crippen LogP contribution < -0.4 is 5.32 Å². The number of carbonyl (C=O) groups is 2. The van der Waals surface area contributed by atoms with Crippen LogP contribution in [-0.4, -0.2) is 19.0 Å². The maximum absolute atomic E-state index is 12.0. The average Bonchev–Trinajstić information content (AvgIpc) is 2.56. The number of hydrogen-bond donors (Lipinski definition) is 1. The molecular formula is C20H29NO3. The van der Waals surface area contributed by atoms with E-state index in [0.717, 1.165) is 24.8 Å². The fraction of sp³-hybridized carbons (Fsp3) is 0.500. The second-order valence-corrected chi connectivity index (χ2v) is 6.08. The number of carbonyl (C=O) groups excluding carboxylic acids is 2.